The number of carbonyl (C=O) groups excluding carboxylic acids is 1. The van der Waals surface area contributed by atoms with Crippen LogP contribution in [0.3, 0.4) is 0 Å². The average molecular weight is 438 g/mol. The van der Waals surface area contributed by atoms with Crippen molar-refractivity contribution in [2.75, 3.05) is 6.61 Å². The number of aliphatic imine (C=N–C) groups is 1. The molecule has 2 aromatic carbocycles. The summed E-state index contributed by atoms with van der Waals surface area (Å²) in [4.78, 5) is 16.6. The molecule has 0 spiro atoms. The standard InChI is InChI=1S/C22H16BrNO4/c1-2-26-20-6-4-3-5-17(20)21-24-18(22(25)28-21)13-16-11-12-19(27-16)14-7-9-15(23)10-8-14/h3-13H,2H2,1H3/b18-13+. The third kappa shape index (κ3) is 3.77. The number of benzene rings is 2. The number of esters is 1. The van der Waals surface area contributed by atoms with E-state index in [1.807, 2.05) is 55.5 Å². The summed E-state index contributed by atoms with van der Waals surface area (Å²) < 4.78 is 17.7. The first-order valence-electron chi connectivity index (χ1n) is 8.74. The maximum atomic E-state index is 12.3. The Labute approximate surface area is 170 Å². The van der Waals surface area contributed by atoms with Gasteiger partial charge in [0.15, 0.2) is 5.70 Å². The van der Waals surface area contributed by atoms with Crippen LogP contribution >= 0.6 is 15.9 Å². The van der Waals surface area contributed by atoms with E-state index in [0.717, 1.165) is 10.0 Å². The van der Waals surface area contributed by atoms with Crippen LogP contribution in [0.25, 0.3) is 17.4 Å². The zero-order valence-electron chi connectivity index (χ0n) is 15.0. The summed E-state index contributed by atoms with van der Waals surface area (Å²) in [6.07, 6.45) is 1.57. The van der Waals surface area contributed by atoms with E-state index in [0.29, 0.717) is 29.4 Å². The quantitative estimate of drug-likeness (QED) is 0.393. The third-order valence-electron chi connectivity index (χ3n) is 4.07. The first-order chi connectivity index (χ1) is 13.6. The number of cyclic esters (lactones) is 1. The summed E-state index contributed by atoms with van der Waals surface area (Å²) in [6, 6.07) is 18.7. The number of rotatable bonds is 5. The molecule has 1 aliphatic rings. The molecule has 1 aliphatic heterocycles. The van der Waals surface area contributed by atoms with Gasteiger partial charge in [0.25, 0.3) is 0 Å². The summed E-state index contributed by atoms with van der Waals surface area (Å²) >= 11 is 3.41. The van der Waals surface area contributed by atoms with Crippen LogP contribution < -0.4 is 4.74 Å². The zero-order valence-corrected chi connectivity index (χ0v) is 16.6. The number of hydrogen-bond acceptors (Lipinski definition) is 5. The molecule has 2 heterocycles. The van der Waals surface area contributed by atoms with E-state index in [4.69, 9.17) is 13.9 Å². The number of carbonyl (C=O) groups is 1. The van der Waals surface area contributed by atoms with E-state index in [2.05, 4.69) is 20.9 Å². The summed E-state index contributed by atoms with van der Waals surface area (Å²) in [6.45, 7) is 2.40. The van der Waals surface area contributed by atoms with E-state index >= 15 is 0 Å². The number of para-hydroxylation sites is 1. The largest absolute Gasteiger partial charge is 0.493 e. The molecule has 5 nitrogen and oxygen atoms in total. The molecule has 0 amide bonds. The van der Waals surface area contributed by atoms with Crippen molar-refractivity contribution in [2.45, 2.75) is 6.92 Å². The van der Waals surface area contributed by atoms with Gasteiger partial charge >= 0.3 is 5.97 Å². The van der Waals surface area contributed by atoms with Gasteiger partial charge in [-0.3, -0.25) is 0 Å². The fraction of sp³-hybridized carbons (Fsp3) is 0.0909. The average Bonchev–Trinajstić information content (AvgIpc) is 3.31. The number of hydrogen-bond donors (Lipinski definition) is 0. The molecule has 0 saturated heterocycles. The molecule has 140 valence electrons. The summed E-state index contributed by atoms with van der Waals surface area (Å²) in [5.41, 5.74) is 1.76. The Morgan fingerprint density at radius 1 is 1.07 bits per heavy atom. The Morgan fingerprint density at radius 3 is 2.64 bits per heavy atom. The van der Waals surface area contributed by atoms with Gasteiger partial charge in [-0.1, -0.05) is 40.2 Å². The van der Waals surface area contributed by atoms with Gasteiger partial charge in [0.05, 0.1) is 12.2 Å². The van der Waals surface area contributed by atoms with Gasteiger partial charge in [0.2, 0.25) is 5.90 Å². The highest BCUT2D eigenvalue weighted by Gasteiger charge is 2.26. The second-order valence-electron chi connectivity index (χ2n) is 5.97. The molecule has 0 bridgehead atoms. The molecule has 0 aliphatic carbocycles. The molecule has 0 fully saturated rings. The second-order valence-corrected chi connectivity index (χ2v) is 6.89. The molecule has 6 heteroatoms. The molecule has 4 rings (SSSR count). The van der Waals surface area contributed by atoms with Crippen molar-refractivity contribution in [3.8, 4) is 17.1 Å². The van der Waals surface area contributed by atoms with Gasteiger partial charge in [-0.2, -0.15) is 0 Å². The van der Waals surface area contributed by atoms with Gasteiger partial charge in [-0.05, 0) is 43.3 Å². The molecule has 0 saturated carbocycles. The first kappa shape index (κ1) is 18.3. The fourth-order valence-corrected chi connectivity index (χ4v) is 3.05. The van der Waals surface area contributed by atoms with Crippen molar-refractivity contribution in [3.63, 3.8) is 0 Å². The molecule has 0 radical (unpaired) electrons. The predicted octanol–water partition coefficient (Wildman–Crippen LogP) is 5.45. The Morgan fingerprint density at radius 2 is 1.86 bits per heavy atom. The molecule has 0 atom stereocenters. The van der Waals surface area contributed by atoms with Crippen LogP contribution in [-0.4, -0.2) is 18.5 Å². The minimum Gasteiger partial charge on any atom is -0.493 e. The normalized spacial score (nSPS) is 14.9. The van der Waals surface area contributed by atoms with Crippen LogP contribution in [0.5, 0.6) is 5.75 Å². The molecule has 28 heavy (non-hydrogen) atoms. The van der Waals surface area contributed by atoms with Crippen molar-refractivity contribution in [3.05, 3.63) is 82.2 Å². The van der Waals surface area contributed by atoms with Crippen molar-refractivity contribution in [2.24, 2.45) is 4.99 Å². The van der Waals surface area contributed by atoms with Crippen molar-refractivity contribution in [1.82, 2.24) is 0 Å². The highest BCUT2D eigenvalue weighted by molar-refractivity contribution is 9.10. The van der Waals surface area contributed by atoms with Gasteiger partial charge in [0.1, 0.15) is 17.3 Å². The SMILES string of the molecule is CCOc1ccccc1C1=N/C(=C/c2ccc(-c3ccc(Br)cc3)o2)C(=O)O1. The Balaban J connectivity index is 1.62. The maximum Gasteiger partial charge on any atom is 0.363 e. The van der Waals surface area contributed by atoms with Crippen LogP contribution in [0.1, 0.15) is 18.2 Å². The van der Waals surface area contributed by atoms with Crippen molar-refractivity contribution in [1.29, 1.82) is 0 Å². The van der Waals surface area contributed by atoms with E-state index in [9.17, 15) is 4.79 Å². The summed E-state index contributed by atoms with van der Waals surface area (Å²) in [7, 11) is 0. The predicted molar refractivity (Wildman–Crippen MR) is 110 cm³/mol. The fourth-order valence-electron chi connectivity index (χ4n) is 2.78. The number of furan rings is 1. The second kappa shape index (κ2) is 7.86. The van der Waals surface area contributed by atoms with Crippen molar-refractivity contribution >= 4 is 33.9 Å². The molecular formula is C22H16BrNO4. The first-order valence-corrected chi connectivity index (χ1v) is 9.54. The van der Waals surface area contributed by atoms with Crippen LogP contribution in [0.15, 0.2) is 80.2 Å². The number of ether oxygens (including phenoxy) is 2. The van der Waals surface area contributed by atoms with Crippen LogP contribution in [0.4, 0.5) is 0 Å². The smallest absolute Gasteiger partial charge is 0.363 e. The summed E-state index contributed by atoms with van der Waals surface area (Å²) in [5, 5.41) is 0. The Kier molecular flexibility index (Phi) is 5.12. The third-order valence-corrected chi connectivity index (χ3v) is 4.60. The lowest BCUT2D eigenvalue weighted by atomic mass is 10.2. The molecule has 3 aromatic rings. The Hall–Kier alpha value is -3.12. The van der Waals surface area contributed by atoms with E-state index in [1.54, 1.807) is 18.2 Å². The molecule has 0 N–H and O–H groups in total. The van der Waals surface area contributed by atoms with E-state index < -0.39 is 5.97 Å². The minimum absolute atomic E-state index is 0.179. The molecular weight excluding hydrogens is 422 g/mol. The highest BCUT2D eigenvalue weighted by Crippen LogP contribution is 2.28. The monoisotopic (exact) mass is 437 g/mol. The maximum absolute atomic E-state index is 12.3. The van der Waals surface area contributed by atoms with E-state index in [-0.39, 0.29) is 11.6 Å². The lowest BCUT2D eigenvalue weighted by Gasteiger charge is -2.08. The zero-order chi connectivity index (χ0) is 19.5. The number of halogens is 1. The highest BCUT2D eigenvalue weighted by atomic mass is 79.9. The van der Waals surface area contributed by atoms with Gasteiger partial charge in [-0.15, -0.1) is 0 Å². The number of nitrogens with zero attached hydrogens (tertiary/aromatic N) is 1. The lowest BCUT2D eigenvalue weighted by Crippen LogP contribution is -2.07. The van der Waals surface area contributed by atoms with Crippen LogP contribution in [0.2, 0.25) is 0 Å². The Bertz CT molecular complexity index is 1080. The minimum atomic E-state index is -0.525. The van der Waals surface area contributed by atoms with Gasteiger partial charge in [0, 0.05) is 16.1 Å². The van der Waals surface area contributed by atoms with Crippen LogP contribution in [-0.2, 0) is 9.53 Å². The van der Waals surface area contributed by atoms with Gasteiger partial charge < -0.3 is 13.9 Å². The molecule has 1 aromatic heterocycles. The van der Waals surface area contributed by atoms with Crippen molar-refractivity contribution < 1.29 is 18.7 Å². The van der Waals surface area contributed by atoms with Gasteiger partial charge in [-0.25, -0.2) is 9.79 Å². The molecule has 0 unspecified atom stereocenters. The topological polar surface area (TPSA) is 61.0 Å². The summed E-state index contributed by atoms with van der Waals surface area (Å²) in [5.74, 6) is 1.54. The lowest BCUT2D eigenvalue weighted by molar-refractivity contribution is -0.129. The van der Waals surface area contributed by atoms with E-state index in [1.165, 1.54) is 0 Å². The van der Waals surface area contributed by atoms with Crippen LogP contribution in [0, 0.1) is 0 Å².